The van der Waals surface area contributed by atoms with Crippen LogP contribution in [0, 0.1) is 0 Å². The van der Waals surface area contributed by atoms with Gasteiger partial charge < -0.3 is 9.73 Å². The number of aryl methyl sites for hydroxylation is 1. The third-order valence-corrected chi connectivity index (χ3v) is 3.82. The fraction of sp³-hybridized carbons (Fsp3) is 0.100. The lowest BCUT2D eigenvalue weighted by Crippen LogP contribution is -2.13. The summed E-state index contributed by atoms with van der Waals surface area (Å²) in [6, 6.07) is 18.2. The Hall–Kier alpha value is -3.14. The van der Waals surface area contributed by atoms with Gasteiger partial charge in [0, 0.05) is 16.8 Å². The van der Waals surface area contributed by atoms with Gasteiger partial charge in [-0.25, -0.2) is 0 Å². The molecule has 0 radical (unpaired) electrons. The Labute approximate surface area is 140 Å². The fourth-order valence-corrected chi connectivity index (χ4v) is 2.50. The molecule has 3 aromatic rings. The molecular formula is C20H17NO3. The zero-order chi connectivity index (χ0) is 16.9. The Bertz CT molecular complexity index is 863. The second-order valence-electron chi connectivity index (χ2n) is 5.36. The maximum absolute atomic E-state index is 12.4. The van der Waals surface area contributed by atoms with E-state index in [1.807, 2.05) is 24.3 Å². The normalized spacial score (nSPS) is 10.4. The molecule has 0 fully saturated rings. The molecule has 1 N–H and O–H groups in total. The highest BCUT2D eigenvalue weighted by Gasteiger charge is 2.10. The Kier molecular flexibility index (Phi) is 4.57. The molecular weight excluding hydrogens is 302 g/mol. The van der Waals surface area contributed by atoms with Crippen LogP contribution in [0.2, 0.25) is 0 Å². The summed E-state index contributed by atoms with van der Waals surface area (Å²) >= 11 is 0. The van der Waals surface area contributed by atoms with Crippen LogP contribution in [-0.2, 0) is 6.42 Å². The van der Waals surface area contributed by atoms with Gasteiger partial charge in [0.1, 0.15) is 5.76 Å². The average Bonchev–Trinajstić information content (AvgIpc) is 3.11. The number of anilines is 1. The second kappa shape index (κ2) is 6.96. The van der Waals surface area contributed by atoms with Crippen LogP contribution in [0.3, 0.4) is 0 Å². The quantitative estimate of drug-likeness (QED) is 0.701. The second-order valence-corrected chi connectivity index (χ2v) is 5.36. The molecule has 24 heavy (non-hydrogen) atoms. The lowest BCUT2D eigenvalue weighted by atomic mass is 10.1. The van der Waals surface area contributed by atoms with Crippen LogP contribution in [0.25, 0.3) is 11.3 Å². The molecule has 3 rings (SSSR count). The van der Waals surface area contributed by atoms with Gasteiger partial charge in [-0.3, -0.25) is 9.59 Å². The van der Waals surface area contributed by atoms with Crippen LogP contribution in [0.15, 0.2) is 65.1 Å². The summed E-state index contributed by atoms with van der Waals surface area (Å²) in [5.41, 5.74) is 3.30. The smallest absolute Gasteiger partial charge is 0.255 e. The molecule has 1 aromatic heterocycles. The van der Waals surface area contributed by atoms with E-state index in [1.165, 1.54) is 0 Å². The van der Waals surface area contributed by atoms with E-state index in [2.05, 4.69) is 12.2 Å². The van der Waals surface area contributed by atoms with Gasteiger partial charge in [0.25, 0.3) is 5.91 Å². The summed E-state index contributed by atoms with van der Waals surface area (Å²) in [4.78, 5) is 23.1. The summed E-state index contributed by atoms with van der Waals surface area (Å²) in [6.45, 7) is 2.05. The third kappa shape index (κ3) is 3.27. The molecule has 1 heterocycles. The SMILES string of the molecule is CCc1ccccc1NC(=O)c1ccc(-c2ccc(C=O)o2)cc1. The number of hydrogen-bond acceptors (Lipinski definition) is 3. The lowest BCUT2D eigenvalue weighted by molar-refractivity contribution is 0.102. The summed E-state index contributed by atoms with van der Waals surface area (Å²) in [7, 11) is 0. The van der Waals surface area contributed by atoms with Crippen LogP contribution in [0.5, 0.6) is 0 Å². The van der Waals surface area contributed by atoms with E-state index < -0.39 is 0 Å². The maximum atomic E-state index is 12.4. The van der Waals surface area contributed by atoms with E-state index in [4.69, 9.17) is 4.42 Å². The Balaban J connectivity index is 1.77. The number of carbonyl (C=O) groups is 2. The number of benzene rings is 2. The number of aldehydes is 1. The molecule has 0 aliphatic rings. The van der Waals surface area contributed by atoms with Crippen molar-refractivity contribution in [1.82, 2.24) is 0 Å². The van der Waals surface area contributed by atoms with Crippen molar-refractivity contribution in [2.24, 2.45) is 0 Å². The highest BCUT2D eigenvalue weighted by Crippen LogP contribution is 2.23. The largest absolute Gasteiger partial charge is 0.453 e. The van der Waals surface area contributed by atoms with Crippen LogP contribution in [0.1, 0.15) is 33.4 Å². The zero-order valence-electron chi connectivity index (χ0n) is 13.3. The molecule has 4 heteroatoms. The molecule has 0 saturated carbocycles. The summed E-state index contributed by atoms with van der Waals surface area (Å²) in [6.07, 6.45) is 1.52. The van der Waals surface area contributed by atoms with Gasteiger partial charge >= 0.3 is 0 Å². The van der Waals surface area contributed by atoms with Crippen molar-refractivity contribution in [2.75, 3.05) is 5.32 Å². The highest BCUT2D eigenvalue weighted by molar-refractivity contribution is 6.04. The number of para-hydroxylation sites is 1. The van der Waals surface area contributed by atoms with Gasteiger partial charge in [-0.05, 0) is 42.3 Å². The lowest BCUT2D eigenvalue weighted by Gasteiger charge is -2.09. The van der Waals surface area contributed by atoms with Crippen LogP contribution >= 0.6 is 0 Å². The van der Waals surface area contributed by atoms with Crippen molar-refractivity contribution in [3.8, 4) is 11.3 Å². The first kappa shape index (κ1) is 15.7. The first-order valence-corrected chi connectivity index (χ1v) is 7.76. The number of furan rings is 1. The molecule has 0 saturated heterocycles. The summed E-state index contributed by atoms with van der Waals surface area (Å²) in [5, 5.41) is 2.94. The molecule has 4 nitrogen and oxygen atoms in total. The Morgan fingerprint density at radius 3 is 2.46 bits per heavy atom. The van der Waals surface area contributed by atoms with Crippen LogP contribution in [-0.4, -0.2) is 12.2 Å². The molecule has 120 valence electrons. The number of amides is 1. The summed E-state index contributed by atoms with van der Waals surface area (Å²) < 4.78 is 5.38. The van der Waals surface area contributed by atoms with Crippen LogP contribution < -0.4 is 5.32 Å². The average molecular weight is 319 g/mol. The van der Waals surface area contributed by atoms with Crippen molar-refractivity contribution >= 4 is 17.9 Å². The van der Waals surface area contributed by atoms with Crippen molar-refractivity contribution in [3.05, 3.63) is 77.6 Å². The molecule has 0 aliphatic heterocycles. The van der Waals surface area contributed by atoms with Crippen LogP contribution in [0.4, 0.5) is 5.69 Å². The molecule has 1 amide bonds. The number of rotatable bonds is 5. The van der Waals surface area contributed by atoms with E-state index in [0.717, 1.165) is 23.2 Å². The van der Waals surface area contributed by atoms with E-state index in [1.54, 1.807) is 36.4 Å². The van der Waals surface area contributed by atoms with Gasteiger partial charge in [-0.2, -0.15) is 0 Å². The van der Waals surface area contributed by atoms with Gasteiger partial charge in [-0.15, -0.1) is 0 Å². The number of nitrogens with one attached hydrogen (secondary N) is 1. The van der Waals surface area contributed by atoms with Gasteiger partial charge in [0.15, 0.2) is 12.0 Å². The van der Waals surface area contributed by atoms with E-state index in [0.29, 0.717) is 17.6 Å². The van der Waals surface area contributed by atoms with E-state index in [9.17, 15) is 9.59 Å². The highest BCUT2D eigenvalue weighted by atomic mass is 16.3. The number of hydrogen-bond donors (Lipinski definition) is 1. The number of carbonyl (C=O) groups excluding carboxylic acids is 2. The topological polar surface area (TPSA) is 59.3 Å². The predicted molar refractivity (Wildman–Crippen MR) is 93.3 cm³/mol. The van der Waals surface area contributed by atoms with E-state index in [-0.39, 0.29) is 11.7 Å². The Morgan fingerprint density at radius 1 is 1.04 bits per heavy atom. The van der Waals surface area contributed by atoms with Gasteiger partial charge in [-0.1, -0.05) is 37.3 Å². The van der Waals surface area contributed by atoms with Crippen molar-refractivity contribution in [2.45, 2.75) is 13.3 Å². The molecule has 0 aliphatic carbocycles. The molecule has 0 unspecified atom stereocenters. The fourth-order valence-electron chi connectivity index (χ4n) is 2.50. The minimum atomic E-state index is -0.157. The Morgan fingerprint density at radius 2 is 1.79 bits per heavy atom. The predicted octanol–water partition coefficient (Wildman–Crippen LogP) is 4.57. The molecule has 2 aromatic carbocycles. The van der Waals surface area contributed by atoms with Crippen molar-refractivity contribution < 1.29 is 14.0 Å². The first-order valence-electron chi connectivity index (χ1n) is 7.76. The molecule has 0 atom stereocenters. The van der Waals surface area contributed by atoms with E-state index >= 15 is 0 Å². The minimum absolute atomic E-state index is 0.157. The van der Waals surface area contributed by atoms with Gasteiger partial charge in [0.2, 0.25) is 0 Å². The standard InChI is InChI=1S/C20H17NO3/c1-2-14-5-3-4-6-18(14)21-20(23)16-9-7-15(8-10-16)19-12-11-17(13-22)24-19/h3-13H,2H2,1H3,(H,21,23). The van der Waals surface area contributed by atoms with Crippen molar-refractivity contribution in [1.29, 1.82) is 0 Å². The molecule has 0 bridgehead atoms. The minimum Gasteiger partial charge on any atom is -0.453 e. The first-order chi connectivity index (χ1) is 11.7. The third-order valence-electron chi connectivity index (χ3n) is 3.82. The zero-order valence-corrected chi connectivity index (χ0v) is 13.3. The van der Waals surface area contributed by atoms with Crippen molar-refractivity contribution in [3.63, 3.8) is 0 Å². The monoisotopic (exact) mass is 319 g/mol. The molecule has 0 spiro atoms. The maximum Gasteiger partial charge on any atom is 0.255 e. The van der Waals surface area contributed by atoms with Gasteiger partial charge in [0.05, 0.1) is 0 Å². The summed E-state index contributed by atoms with van der Waals surface area (Å²) in [5.74, 6) is 0.721.